The molecule has 2 aromatic rings. The van der Waals surface area contributed by atoms with Crippen LogP contribution in [0.2, 0.25) is 0 Å². The van der Waals surface area contributed by atoms with E-state index in [1.807, 2.05) is 6.92 Å². The van der Waals surface area contributed by atoms with E-state index in [0.717, 1.165) is 6.42 Å². The molecule has 0 heterocycles. The van der Waals surface area contributed by atoms with Crippen molar-refractivity contribution in [3.63, 3.8) is 0 Å². The predicted molar refractivity (Wildman–Crippen MR) is 117 cm³/mol. The van der Waals surface area contributed by atoms with Crippen molar-refractivity contribution in [1.29, 1.82) is 0 Å². The van der Waals surface area contributed by atoms with Gasteiger partial charge in [0.2, 0.25) is 5.91 Å². The van der Waals surface area contributed by atoms with Gasteiger partial charge in [0, 0.05) is 42.7 Å². The third-order valence-electron chi connectivity index (χ3n) is 4.14. The highest BCUT2D eigenvalue weighted by Gasteiger charge is 2.08. The molecule has 0 aromatic heterocycles. The lowest BCUT2D eigenvalue weighted by molar-refractivity contribution is -0.114. The summed E-state index contributed by atoms with van der Waals surface area (Å²) in [5, 5.41) is 11.3. The van der Waals surface area contributed by atoms with E-state index >= 15 is 0 Å². The third-order valence-corrected chi connectivity index (χ3v) is 4.14. The zero-order valence-electron chi connectivity index (χ0n) is 17.3. The molecule has 3 amide bonds. The number of ether oxygens (including phenoxy) is 1. The number of carbonyl (C=O) groups excluding carboxylic acids is 3. The van der Waals surface area contributed by atoms with Gasteiger partial charge in [0.05, 0.1) is 13.2 Å². The Morgan fingerprint density at radius 1 is 0.867 bits per heavy atom. The van der Waals surface area contributed by atoms with Crippen LogP contribution in [-0.4, -0.2) is 51.1 Å². The standard InChI is InChI=1S/C22H28N4O4/c1-3-11-23-22(29)17-5-4-6-19(14-17)26-20(27)15-25-18-9-7-16(8-10-18)21(28)24-12-13-30-2/h4-10,14,25H,3,11-13,15H2,1-2H3,(H,23,29)(H,24,28)(H,26,27). The van der Waals surface area contributed by atoms with Crippen molar-refractivity contribution in [1.82, 2.24) is 10.6 Å². The van der Waals surface area contributed by atoms with Crippen molar-refractivity contribution in [3.05, 3.63) is 59.7 Å². The largest absolute Gasteiger partial charge is 0.383 e. The van der Waals surface area contributed by atoms with Gasteiger partial charge in [-0.1, -0.05) is 13.0 Å². The van der Waals surface area contributed by atoms with E-state index in [0.29, 0.717) is 42.2 Å². The molecule has 160 valence electrons. The molecule has 0 saturated heterocycles. The van der Waals surface area contributed by atoms with E-state index < -0.39 is 0 Å². The van der Waals surface area contributed by atoms with E-state index in [-0.39, 0.29) is 24.3 Å². The summed E-state index contributed by atoms with van der Waals surface area (Å²) in [4.78, 5) is 36.2. The Balaban J connectivity index is 1.83. The number of rotatable bonds is 11. The lowest BCUT2D eigenvalue weighted by Gasteiger charge is -2.10. The fourth-order valence-electron chi connectivity index (χ4n) is 2.57. The van der Waals surface area contributed by atoms with Gasteiger partial charge >= 0.3 is 0 Å². The Labute approximate surface area is 176 Å². The van der Waals surface area contributed by atoms with Gasteiger partial charge in [0.15, 0.2) is 0 Å². The number of anilines is 2. The van der Waals surface area contributed by atoms with Crippen molar-refractivity contribution >= 4 is 29.1 Å². The lowest BCUT2D eigenvalue weighted by atomic mass is 10.2. The van der Waals surface area contributed by atoms with Crippen molar-refractivity contribution in [2.24, 2.45) is 0 Å². The Morgan fingerprint density at radius 2 is 1.57 bits per heavy atom. The van der Waals surface area contributed by atoms with Crippen LogP contribution >= 0.6 is 0 Å². The van der Waals surface area contributed by atoms with Crippen molar-refractivity contribution in [2.75, 3.05) is 44.0 Å². The number of hydrogen-bond acceptors (Lipinski definition) is 5. The van der Waals surface area contributed by atoms with Gasteiger partial charge in [-0.25, -0.2) is 0 Å². The summed E-state index contributed by atoms with van der Waals surface area (Å²) in [6, 6.07) is 13.6. The van der Waals surface area contributed by atoms with Crippen LogP contribution in [0.1, 0.15) is 34.1 Å². The normalized spacial score (nSPS) is 10.2. The summed E-state index contributed by atoms with van der Waals surface area (Å²) in [7, 11) is 1.57. The molecule has 8 heteroatoms. The van der Waals surface area contributed by atoms with Gasteiger partial charge in [-0.3, -0.25) is 14.4 Å². The zero-order valence-corrected chi connectivity index (χ0v) is 17.3. The Kier molecular flexibility index (Phi) is 9.33. The van der Waals surface area contributed by atoms with Crippen LogP contribution in [0.5, 0.6) is 0 Å². The van der Waals surface area contributed by atoms with Gasteiger partial charge < -0.3 is 26.0 Å². The maximum atomic E-state index is 12.2. The zero-order chi connectivity index (χ0) is 21.8. The molecule has 0 radical (unpaired) electrons. The monoisotopic (exact) mass is 412 g/mol. The van der Waals surface area contributed by atoms with Crippen LogP contribution in [0.4, 0.5) is 11.4 Å². The maximum absolute atomic E-state index is 12.2. The number of hydrogen-bond donors (Lipinski definition) is 4. The van der Waals surface area contributed by atoms with Crippen LogP contribution < -0.4 is 21.3 Å². The number of benzene rings is 2. The van der Waals surface area contributed by atoms with Gasteiger partial charge in [-0.2, -0.15) is 0 Å². The van der Waals surface area contributed by atoms with Gasteiger partial charge in [-0.05, 0) is 48.9 Å². The molecule has 0 aliphatic carbocycles. The van der Waals surface area contributed by atoms with E-state index in [1.165, 1.54) is 0 Å². The van der Waals surface area contributed by atoms with Crippen LogP contribution in [0.3, 0.4) is 0 Å². The molecule has 0 fully saturated rings. The molecule has 0 bridgehead atoms. The Bertz CT molecular complexity index is 852. The quantitative estimate of drug-likeness (QED) is 0.424. The average Bonchev–Trinajstić information content (AvgIpc) is 2.76. The van der Waals surface area contributed by atoms with Crippen LogP contribution in [0.15, 0.2) is 48.5 Å². The van der Waals surface area contributed by atoms with Crippen molar-refractivity contribution in [2.45, 2.75) is 13.3 Å². The van der Waals surface area contributed by atoms with E-state index in [1.54, 1.807) is 55.6 Å². The van der Waals surface area contributed by atoms with E-state index in [9.17, 15) is 14.4 Å². The fraction of sp³-hybridized carbons (Fsp3) is 0.318. The summed E-state index contributed by atoms with van der Waals surface area (Å²) >= 11 is 0. The SMILES string of the molecule is CCCNC(=O)c1cccc(NC(=O)CNc2ccc(C(=O)NCCOC)cc2)c1. The first-order valence-corrected chi connectivity index (χ1v) is 9.82. The lowest BCUT2D eigenvalue weighted by Crippen LogP contribution is -2.27. The summed E-state index contributed by atoms with van der Waals surface area (Å²) < 4.78 is 4.90. The molecule has 4 N–H and O–H groups in total. The summed E-state index contributed by atoms with van der Waals surface area (Å²) in [6.07, 6.45) is 0.854. The molecule has 0 saturated carbocycles. The fourth-order valence-corrected chi connectivity index (χ4v) is 2.57. The maximum Gasteiger partial charge on any atom is 0.251 e. The molecule has 0 spiro atoms. The second kappa shape index (κ2) is 12.2. The highest BCUT2D eigenvalue weighted by molar-refractivity contribution is 5.98. The smallest absolute Gasteiger partial charge is 0.251 e. The number of amides is 3. The van der Waals surface area contributed by atoms with Crippen LogP contribution in [0.25, 0.3) is 0 Å². The van der Waals surface area contributed by atoms with Crippen molar-refractivity contribution < 1.29 is 19.1 Å². The molecule has 0 atom stereocenters. The first-order chi connectivity index (χ1) is 14.5. The van der Waals surface area contributed by atoms with Crippen molar-refractivity contribution in [3.8, 4) is 0 Å². The molecule has 8 nitrogen and oxygen atoms in total. The molecule has 0 aliphatic heterocycles. The topological polar surface area (TPSA) is 109 Å². The van der Waals surface area contributed by atoms with Crippen LogP contribution in [0, 0.1) is 0 Å². The molecular weight excluding hydrogens is 384 g/mol. The molecule has 2 aromatic carbocycles. The first-order valence-electron chi connectivity index (χ1n) is 9.82. The molecule has 0 unspecified atom stereocenters. The van der Waals surface area contributed by atoms with Gasteiger partial charge in [0.25, 0.3) is 11.8 Å². The minimum absolute atomic E-state index is 0.0473. The van der Waals surface area contributed by atoms with Crippen LogP contribution in [-0.2, 0) is 9.53 Å². The highest BCUT2D eigenvalue weighted by atomic mass is 16.5. The second-order valence-corrected chi connectivity index (χ2v) is 6.56. The summed E-state index contributed by atoms with van der Waals surface area (Å²) in [5.74, 6) is -0.598. The molecule has 30 heavy (non-hydrogen) atoms. The average molecular weight is 412 g/mol. The first kappa shape index (κ1) is 22.9. The highest BCUT2D eigenvalue weighted by Crippen LogP contribution is 2.12. The molecule has 0 aliphatic rings. The second-order valence-electron chi connectivity index (χ2n) is 6.56. The molecular formula is C22H28N4O4. The molecule has 2 rings (SSSR count). The third kappa shape index (κ3) is 7.56. The minimum atomic E-state index is -0.248. The Morgan fingerprint density at radius 3 is 2.27 bits per heavy atom. The van der Waals surface area contributed by atoms with Gasteiger partial charge in [0.1, 0.15) is 0 Å². The van der Waals surface area contributed by atoms with E-state index in [4.69, 9.17) is 4.74 Å². The Hall–Kier alpha value is -3.39. The predicted octanol–water partition coefficient (Wildman–Crippen LogP) is 2.25. The van der Waals surface area contributed by atoms with E-state index in [2.05, 4.69) is 21.3 Å². The number of carbonyl (C=O) groups is 3. The summed E-state index contributed by atoms with van der Waals surface area (Å²) in [5.41, 5.74) is 2.29. The number of nitrogens with one attached hydrogen (secondary N) is 4. The summed E-state index contributed by atoms with van der Waals surface area (Å²) in [6.45, 7) is 3.53. The number of methoxy groups -OCH3 is 1. The van der Waals surface area contributed by atoms with Gasteiger partial charge in [-0.15, -0.1) is 0 Å². The minimum Gasteiger partial charge on any atom is -0.383 e.